The lowest BCUT2D eigenvalue weighted by molar-refractivity contribution is 0.00533. The van der Waals surface area contributed by atoms with Gasteiger partial charge in [0.05, 0.1) is 5.92 Å². The third kappa shape index (κ3) is 1.60. The van der Waals surface area contributed by atoms with E-state index in [1.165, 1.54) is 0 Å². The van der Waals surface area contributed by atoms with Crippen LogP contribution in [0, 0.1) is 5.92 Å². The molecule has 0 nitrogen and oxygen atoms in total. The molecule has 6 heteroatoms. The molecule has 11 heavy (non-hydrogen) atoms. The van der Waals surface area contributed by atoms with Gasteiger partial charge in [0.15, 0.2) is 17.2 Å². The monoisotopic (exact) mass is 192 g/mol. The second-order valence-corrected chi connectivity index (χ2v) is 3.37. The summed E-state index contributed by atoms with van der Waals surface area (Å²) < 4.78 is 60.4. The van der Waals surface area contributed by atoms with E-state index in [1.807, 2.05) is 0 Å². The van der Waals surface area contributed by atoms with Gasteiger partial charge in [-0.2, -0.15) is 0 Å². The van der Waals surface area contributed by atoms with Crippen molar-refractivity contribution in [3.63, 3.8) is 0 Å². The quantitative estimate of drug-likeness (QED) is 0.575. The van der Waals surface area contributed by atoms with Crippen molar-refractivity contribution in [2.75, 3.05) is 0 Å². The van der Waals surface area contributed by atoms with E-state index < -0.39 is 29.5 Å². The molecule has 0 aliphatic carbocycles. The molecular weight excluding hydrogens is 187 g/mol. The van der Waals surface area contributed by atoms with Crippen LogP contribution in [0.1, 0.15) is 0 Å². The second kappa shape index (κ2) is 3.16. The lowest BCUT2D eigenvalue weighted by Crippen LogP contribution is -2.26. The van der Waals surface area contributed by atoms with E-state index in [4.69, 9.17) is 0 Å². The number of alkyl halides is 5. The Labute approximate surface area is 64.1 Å². The summed E-state index contributed by atoms with van der Waals surface area (Å²) in [6, 6.07) is 0. The van der Waals surface area contributed by atoms with Crippen molar-refractivity contribution >= 4 is 11.8 Å². The highest BCUT2D eigenvalue weighted by molar-refractivity contribution is 8.00. The highest BCUT2D eigenvalue weighted by Gasteiger charge is 2.50. The van der Waals surface area contributed by atoms with Gasteiger partial charge >= 0.3 is 0 Å². The molecule has 1 aliphatic heterocycles. The van der Waals surface area contributed by atoms with Gasteiger partial charge in [-0.25, -0.2) is 22.0 Å². The van der Waals surface area contributed by atoms with E-state index in [-0.39, 0.29) is 11.8 Å². The molecule has 0 bridgehead atoms. The normalized spacial score (nSPS) is 45.3. The van der Waals surface area contributed by atoms with Crippen molar-refractivity contribution in [3.05, 3.63) is 0 Å². The van der Waals surface area contributed by atoms with E-state index in [0.717, 1.165) is 0 Å². The Balaban J connectivity index is 2.63. The molecule has 1 heterocycles. The van der Waals surface area contributed by atoms with Crippen LogP contribution in [0.3, 0.4) is 0 Å². The SMILES string of the molecule is FC(F)C1C(F)SC(F)C1F. The third-order valence-electron chi connectivity index (χ3n) is 1.47. The topological polar surface area (TPSA) is 0 Å². The summed E-state index contributed by atoms with van der Waals surface area (Å²) >= 11 is -0.0234. The smallest absolute Gasteiger partial charge is 0.243 e. The zero-order valence-corrected chi connectivity index (χ0v) is 6.00. The van der Waals surface area contributed by atoms with Gasteiger partial charge in [0.2, 0.25) is 6.43 Å². The van der Waals surface area contributed by atoms with Crippen LogP contribution in [-0.4, -0.2) is 23.6 Å². The second-order valence-electron chi connectivity index (χ2n) is 2.19. The highest BCUT2D eigenvalue weighted by atomic mass is 32.2. The molecule has 0 aromatic carbocycles. The molecule has 0 aromatic heterocycles. The van der Waals surface area contributed by atoms with Gasteiger partial charge in [-0.1, -0.05) is 11.8 Å². The van der Waals surface area contributed by atoms with Gasteiger partial charge in [0.25, 0.3) is 0 Å². The number of hydrogen-bond donors (Lipinski definition) is 0. The van der Waals surface area contributed by atoms with Gasteiger partial charge in [0, 0.05) is 0 Å². The maximum atomic E-state index is 12.4. The Morgan fingerprint density at radius 3 is 1.73 bits per heavy atom. The minimum atomic E-state index is -3.13. The number of hydrogen-bond acceptors (Lipinski definition) is 1. The zero-order valence-electron chi connectivity index (χ0n) is 5.18. The Morgan fingerprint density at radius 1 is 1.00 bits per heavy atom. The number of halogens is 5. The first-order valence-corrected chi connectivity index (χ1v) is 3.84. The van der Waals surface area contributed by atoms with E-state index in [9.17, 15) is 22.0 Å². The molecule has 0 aromatic rings. The van der Waals surface area contributed by atoms with E-state index in [1.54, 1.807) is 0 Å². The van der Waals surface area contributed by atoms with Crippen molar-refractivity contribution in [3.8, 4) is 0 Å². The fourth-order valence-corrected chi connectivity index (χ4v) is 1.89. The molecule has 66 valence electrons. The maximum absolute atomic E-state index is 12.4. The van der Waals surface area contributed by atoms with Crippen molar-refractivity contribution in [2.45, 2.75) is 23.6 Å². The average Bonchev–Trinajstić information content (AvgIpc) is 2.07. The first-order chi connectivity index (χ1) is 5.04. The Bertz CT molecular complexity index is 141. The number of thioether (sulfide) groups is 1. The van der Waals surface area contributed by atoms with Gasteiger partial charge in [0.1, 0.15) is 0 Å². The first kappa shape index (κ1) is 9.09. The molecule has 1 rings (SSSR count). The van der Waals surface area contributed by atoms with Crippen molar-refractivity contribution < 1.29 is 22.0 Å². The molecule has 4 atom stereocenters. The van der Waals surface area contributed by atoms with Crippen LogP contribution >= 0.6 is 11.8 Å². The van der Waals surface area contributed by atoms with E-state index in [2.05, 4.69) is 0 Å². The van der Waals surface area contributed by atoms with Gasteiger partial charge in [-0.3, -0.25) is 0 Å². The molecule has 1 aliphatic rings. The molecule has 4 unspecified atom stereocenters. The first-order valence-electron chi connectivity index (χ1n) is 2.90. The van der Waals surface area contributed by atoms with Gasteiger partial charge in [-0.05, 0) is 0 Å². The minimum Gasteiger partial charge on any atom is -0.243 e. The van der Waals surface area contributed by atoms with Crippen LogP contribution in [0.25, 0.3) is 0 Å². The molecule has 0 radical (unpaired) electrons. The lowest BCUT2D eigenvalue weighted by atomic mass is 10.1. The van der Waals surface area contributed by atoms with Crippen LogP contribution < -0.4 is 0 Å². The Hall–Kier alpha value is -0.0000000000000000555. The van der Waals surface area contributed by atoms with Gasteiger partial charge in [-0.15, -0.1) is 0 Å². The fourth-order valence-electron chi connectivity index (χ4n) is 0.863. The van der Waals surface area contributed by atoms with Gasteiger partial charge < -0.3 is 0 Å². The summed E-state index contributed by atoms with van der Waals surface area (Å²) in [5.41, 5.74) is -4.27. The minimum absolute atomic E-state index is 0.0234. The fraction of sp³-hybridized carbons (Fsp3) is 1.00. The summed E-state index contributed by atoms with van der Waals surface area (Å²) in [5.74, 6) is -2.10. The molecule has 0 amide bonds. The van der Waals surface area contributed by atoms with E-state index in [0.29, 0.717) is 0 Å². The summed E-state index contributed by atoms with van der Waals surface area (Å²) in [6.45, 7) is 0. The van der Waals surface area contributed by atoms with Crippen LogP contribution in [0.15, 0.2) is 0 Å². The molecule has 0 saturated carbocycles. The highest BCUT2D eigenvalue weighted by Crippen LogP contribution is 2.44. The molecule has 0 N–H and O–H groups in total. The summed E-state index contributed by atoms with van der Waals surface area (Å²) in [5, 5.41) is 0. The summed E-state index contributed by atoms with van der Waals surface area (Å²) in [4.78, 5) is 0. The van der Waals surface area contributed by atoms with Crippen LogP contribution in [0.2, 0.25) is 0 Å². The summed E-state index contributed by atoms with van der Waals surface area (Å²) in [7, 11) is 0. The van der Waals surface area contributed by atoms with Crippen LogP contribution in [-0.2, 0) is 0 Å². The Kier molecular flexibility index (Phi) is 2.61. The van der Waals surface area contributed by atoms with Crippen molar-refractivity contribution in [2.24, 2.45) is 5.92 Å². The zero-order chi connectivity index (χ0) is 8.59. The molecule has 0 spiro atoms. The molecule has 1 saturated heterocycles. The van der Waals surface area contributed by atoms with Crippen LogP contribution in [0.4, 0.5) is 22.0 Å². The van der Waals surface area contributed by atoms with Crippen LogP contribution in [0.5, 0.6) is 0 Å². The van der Waals surface area contributed by atoms with E-state index >= 15 is 0 Å². The predicted octanol–water partition coefficient (Wildman–Crippen LogP) is 2.54. The largest absolute Gasteiger partial charge is 0.248 e. The summed E-state index contributed by atoms with van der Waals surface area (Å²) in [6.07, 6.45) is -5.51. The molecular formula is C5H5F5S. The lowest BCUT2D eigenvalue weighted by Gasteiger charge is -2.11. The Morgan fingerprint density at radius 2 is 1.55 bits per heavy atom. The van der Waals surface area contributed by atoms with Crippen molar-refractivity contribution in [1.29, 1.82) is 0 Å². The molecule has 1 fully saturated rings. The van der Waals surface area contributed by atoms with Crippen molar-refractivity contribution in [1.82, 2.24) is 0 Å². The number of rotatable bonds is 1. The standard InChI is InChI=1S/C5H5F5S/c6-2-1(3(7)8)4(9)11-5(2)10/h1-5H. The third-order valence-corrected chi connectivity index (χ3v) is 2.57. The average molecular weight is 192 g/mol. The maximum Gasteiger partial charge on any atom is 0.248 e. The predicted molar refractivity (Wildman–Crippen MR) is 31.8 cm³/mol.